The normalized spacial score (nSPS) is 10.2. The van der Waals surface area contributed by atoms with Gasteiger partial charge in [-0.3, -0.25) is 0 Å². The van der Waals surface area contributed by atoms with Gasteiger partial charge in [0.15, 0.2) is 5.82 Å². The first-order valence-electron chi connectivity index (χ1n) is 3.92. The average Bonchev–Trinajstić information content (AvgIpc) is 2.13. The largest absolute Gasteiger partial charge is 0.478 e. The van der Waals surface area contributed by atoms with Crippen LogP contribution in [-0.2, 0) is 0 Å². The van der Waals surface area contributed by atoms with Gasteiger partial charge in [0.2, 0.25) is 0 Å². The van der Waals surface area contributed by atoms with Crippen LogP contribution in [0.2, 0.25) is 0 Å². The van der Waals surface area contributed by atoms with Gasteiger partial charge in [-0.25, -0.2) is 9.18 Å². The first-order valence-corrected chi connectivity index (χ1v) is 5.69. The second-order valence-electron chi connectivity index (χ2n) is 2.48. The molecule has 0 heterocycles. The Morgan fingerprint density at radius 2 is 2.29 bits per heavy atom. The molecule has 1 N–H and O–H groups in total. The van der Waals surface area contributed by atoms with Crippen LogP contribution in [0.3, 0.4) is 0 Å². The number of hydrogen-bond donors (Lipinski definition) is 1. The number of halogens is 2. The third-order valence-corrected chi connectivity index (χ3v) is 3.27. The van der Waals surface area contributed by atoms with Crippen LogP contribution in [0.25, 0.3) is 0 Å². The molecule has 0 unspecified atom stereocenters. The van der Waals surface area contributed by atoms with Gasteiger partial charge in [0.1, 0.15) is 0 Å². The monoisotopic (exact) mass is 278 g/mol. The SMILES string of the molecule is CCSc1ccc(C(=O)O)c(Br)c1F. The van der Waals surface area contributed by atoms with Crippen molar-refractivity contribution in [2.24, 2.45) is 0 Å². The van der Waals surface area contributed by atoms with Gasteiger partial charge in [-0.05, 0) is 33.8 Å². The van der Waals surface area contributed by atoms with Crippen molar-refractivity contribution in [1.29, 1.82) is 0 Å². The molecule has 0 amide bonds. The molecule has 0 aliphatic carbocycles. The fourth-order valence-electron chi connectivity index (χ4n) is 0.964. The quantitative estimate of drug-likeness (QED) is 0.862. The molecule has 1 aromatic rings. The smallest absolute Gasteiger partial charge is 0.336 e. The molecule has 2 nitrogen and oxygen atoms in total. The Morgan fingerprint density at radius 1 is 1.64 bits per heavy atom. The Bertz CT molecular complexity index is 368. The van der Waals surface area contributed by atoms with E-state index in [0.29, 0.717) is 4.90 Å². The zero-order valence-electron chi connectivity index (χ0n) is 7.38. The molecule has 1 rings (SSSR count). The number of aromatic carboxylic acids is 1. The van der Waals surface area contributed by atoms with Crippen LogP contribution in [0, 0.1) is 5.82 Å². The van der Waals surface area contributed by atoms with Crippen molar-refractivity contribution in [2.75, 3.05) is 5.75 Å². The number of hydrogen-bond acceptors (Lipinski definition) is 2. The van der Waals surface area contributed by atoms with Gasteiger partial charge in [-0.15, -0.1) is 11.8 Å². The minimum Gasteiger partial charge on any atom is -0.478 e. The van der Waals surface area contributed by atoms with E-state index >= 15 is 0 Å². The van der Waals surface area contributed by atoms with Gasteiger partial charge in [0.05, 0.1) is 10.0 Å². The van der Waals surface area contributed by atoms with Gasteiger partial charge < -0.3 is 5.11 Å². The summed E-state index contributed by atoms with van der Waals surface area (Å²) in [7, 11) is 0. The summed E-state index contributed by atoms with van der Waals surface area (Å²) in [6.45, 7) is 1.91. The number of carbonyl (C=O) groups is 1. The summed E-state index contributed by atoms with van der Waals surface area (Å²) >= 11 is 4.27. The molecular weight excluding hydrogens is 271 g/mol. The third kappa shape index (κ3) is 2.27. The number of thioether (sulfide) groups is 1. The summed E-state index contributed by atoms with van der Waals surface area (Å²) < 4.78 is 13.5. The van der Waals surface area contributed by atoms with Gasteiger partial charge in [0, 0.05) is 4.90 Å². The predicted molar refractivity (Wildman–Crippen MR) is 57.5 cm³/mol. The zero-order valence-corrected chi connectivity index (χ0v) is 9.78. The molecule has 0 radical (unpaired) electrons. The summed E-state index contributed by atoms with van der Waals surface area (Å²) in [5.74, 6) is -0.893. The molecule has 5 heteroatoms. The van der Waals surface area contributed by atoms with Gasteiger partial charge in [-0.2, -0.15) is 0 Å². The Hall–Kier alpha value is -0.550. The van der Waals surface area contributed by atoms with Gasteiger partial charge in [-0.1, -0.05) is 6.92 Å². The highest BCUT2D eigenvalue weighted by molar-refractivity contribution is 9.10. The molecule has 0 saturated carbocycles. The van der Waals surface area contributed by atoms with E-state index in [1.807, 2.05) is 6.92 Å². The summed E-state index contributed by atoms with van der Waals surface area (Å²) in [6.07, 6.45) is 0. The van der Waals surface area contributed by atoms with E-state index in [4.69, 9.17) is 5.11 Å². The van der Waals surface area contributed by atoms with Crippen molar-refractivity contribution < 1.29 is 14.3 Å². The molecule has 0 spiro atoms. The maximum absolute atomic E-state index is 13.5. The van der Waals surface area contributed by atoms with E-state index in [0.717, 1.165) is 5.75 Å². The van der Waals surface area contributed by atoms with Crippen LogP contribution in [0.15, 0.2) is 21.5 Å². The van der Waals surface area contributed by atoms with E-state index in [9.17, 15) is 9.18 Å². The topological polar surface area (TPSA) is 37.3 Å². The molecule has 0 aromatic heterocycles. The molecule has 0 aliphatic heterocycles. The Labute approximate surface area is 93.6 Å². The fourth-order valence-corrected chi connectivity index (χ4v) is 2.31. The van der Waals surface area contributed by atoms with Crippen LogP contribution >= 0.6 is 27.7 Å². The maximum Gasteiger partial charge on any atom is 0.336 e. The van der Waals surface area contributed by atoms with Crippen LogP contribution in [0.5, 0.6) is 0 Å². The highest BCUT2D eigenvalue weighted by Crippen LogP contribution is 2.29. The summed E-state index contributed by atoms with van der Waals surface area (Å²) in [6, 6.07) is 2.88. The Kier molecular flexibility index (Phi) is 3.95. The van der Waals surface area contributed by atoms with Gasteiger partial charge >= 0.3 is 5.97 Å². The highest BCUT2D eigenvalue weighted by atomic mass is 79.9. The third-order valence-electron chi connectivity index (χ3n) is 1.58. The number of carboxylic acids is 1. The molecule has 14 heavy (non-hydrogen) atoms. The molecular formula is C9H8BrFO2S. The second-order valence-corrected chi connectivity index (χ2v) is 4.58. The lowest BCUT2D eigenvalue weighted by Gasteiger charge is -2.05. The van der Waals surface area contributed by atoms with Crippen molar-refractivity contribution in [3.63, 3.8) is 0 Å². The van der Waals surface area contributed by atoms with Crippen molar-refractivity contribution in [3.05, 3.63) is 28.0 Å². The standard InChI is InChI=1S/C9H8BrFO2S/c1-2-14-6-4-3-5(9(12)13)7(10)8(6)11/h3-4H,2H2,1H3,(H,12,13). The van der Waals surface area contributed by atoms with E-state index in [2.05, 4.69) is 15.9 Å². The maximum atomic E-state index is 13.5. The van der Waals surface area contributed by atoms with Crippen molar-refractivity contribution in [3.8, 4) is 0 Å². The molecule has 0 saturated heterocycles. The average molecular weight is 279 g/mol. The van der Waals surface area contributed by atoms with Crippen LogP contribution in [0.1, 0.15) is 17.3 Å². The zero-order chi connectivity index (χ0) is 10.7. The van der Waals surface area contributed by atoms with Crippen molar-refractivity contribution >= 4 is 33.7 Å². The molecule has 1 aromatic carbocycles. The Morgan fingerprint density at radius 3 is 2.79 bits per heavy atom. The number of rotatable bonds is 3. The molecule has 0 bridgehead atoms. The van der Waals surface area contributed by atoms with Crippen LogP contribution < -0.4 is 0 Å². The molecule has 0 fully saturated rings. The summed E-state index contributed by atoms with van der Waals surface area (Å²) in [5.41, 5.74) is -0.0528. The van der Waals surface area contributed by atoms with E-state index in [1.54, 1.807) is 0 Å². The lowest BCUT2D eigenvalue weighted by molar-refractivity contribution is 0.0695. The molecule has 0 atom stereocenters. The van der Waals surface area contributed by atoms with E-state index in [1.165, 1.54) is 23.9 Å². The van der Waals surface area contributed by atoms with Crippen LogP contribution in [-0.4, -0.2) is 16.8 Å². The minimum absolute atomic E-state index is 0.0171. The minimum atomic E-state index is -1.14. The predicted octanol–water partition coefficient (Wildman–Crippen LogP) is 3.40. The van der Waals surface area contributed by atoms with Crippen molar-refractivity contribution in [1.82, 2.24) is 0 Å². The lowest BCUT2D eigenvalue weighted by atomic mass is 10.2. The highest BCUT2D eigenvalue weighted by Gasteiger charge is 2.15. The van der Waals surface area contributed by atoms with Crippen LogP contribution in [0.4, 0.5) is 4.39 Å². The Balaban J connectivity index is 3.19. The van der Waals surface area contributed by atoms with E-state index < -0.39 is 11.8 Å². The lowest BCUT2D eigenvalue weighted by Crippen LogP contribution is -2.00. The molecule has 76 valence electrons. The number of benzene rings is 1. The van der Waals surface area contributed by atoms with Gasteiger partial charge in [0.25, 0.3) is 0 Å². The molecule has 0 aliphatic rings. The fraction of sp³-hybridized carbons (Fsp3) is 0.222. The van der Waals surface area contributed by atoms with Crippen molar-refractivity contribution in [2.45, 2.75) is 11.8 Å². The summed E-state index contributed by atoms with van der Waals surface area (Å²) in [4.78, 5) is 11.1. The first kappa shape index (κ1) is 11.5. The first-order chi connectivity index (χ1) is 6.57. The van der Waals surface area contributed by atoms with E-state index in [-0.39, 0.29) is 10.0 Å². The number of carboxylic acid groups (broad SMARTS) is 1. The summed E-state index contributed by atoms with van der Waals surface area (Å²) in [5, 5.41) is 8.71. The second kappa shape index (κ2) is 4.79.